The molecular formula is C23H24N4O. The third kappa shape index (κ3) is 3.24. The molecule has 2 aromatic heterocycles. The number of fused-ring (bicyclic) bond motifs is 2. The van der Waals surface area contributed by atoms with Crippen LogP contribution in [-0.2, 0) is 13.0 Å². The Bertz CT molecular complexity index is 1210. The highest BCUT2D eigenvalue weighted by Crippen LogP contribution is 2.29. The second-order valence-electron chi connectivity index (χ2n) is 7.19. The lowest BCUT2D eigenvalue weighted by atomic mass is 10.0. The Hall–Kier alpha value is -3.21. The molecule has 142 valence electrons. The topological polar surface area (TPSA) is 59.8 Å². The molecular weight excluding hydrogens is 348 g/mol. The van der Waals surface area contributed by atoms with Gasteiger partial charge in [-0.25, -0.2) is 4.68 Å². The summed E-state index contributed by atoms with van der Waals surface area (Å²) in [6.07, 6.45) is 2.65. The van der Waals surface area contributed by atoms with Crippen LogP contribution in [0.5, 0.6) is 0 Å². The molecule has 5 nitrogen and oxygen atoms in total. The zero-order valence-electron chi connectivity index (χ0n) is 16.4. The molecule has 2 aromatic carbocycles. The van der Waals surface area contributed by atoms with Gasteiger partial charge in [-0.05, 0) is 38.0 Å². The third-order valence-electron chi connectivity index (χ3n) is 5.15. The molecule has 0 fully saturated rings. The Labute approximate surface area is 164 Å². The summed E-state index contributed by atoms with van der Waals surface area (Å²) in [7, 11) is 0. The van der Waals surface area contributed by atoms with Gasteiger partial charge in [0, 0.05) is 28.2 Å². The lowest BCUT2D eigenvalue weighted by molar-refractivity contribution is 0.537. The fraction of sp³-hybridized carbons (Fsp3) is 0.261. The van der Waals surface area contributed by atoms with Gasteiger partial charge in [-0.2, -0.15) is 5.10 Å². The lowest BCUT2D eigenvalue weighted by Crippen LogP contribution is -2.31. The summed E-state index contributed by atoms with van der Waals surface area (Å²) in [5, 5.41) is 10.7. The molecule has 4 rings (SSSR count). The van der Waals surface area contributed by atoms with Crippen LogP contribution in [0.4, 0.5) is 5.69 Å². The maximum Gasteiger partial charge on any atom is 0.274 e. The fourth-order valence-electron chi connectivity index (χ4n) is 3.78. The molecule has 0 spiro atoms. The molecule has 0 amide bonds. The van der Waals surface area contributed by atoms with E-state index in [1.54, 1.807) is 10.9 Å². The Kier molecular flexibility index (Phi) is 4.82. The molecule has 0 bridgehead atoms. The zero-order chi connectivity index (χ0) is 19.7. The van der Waals surface area contributed by atoms with E-state index < -0.39 is 0 Å². The molecule has 5 heteroatoms. The van der Waals surface area contributed by atoms with Crippen molar-refractivity contribution in [3.63, 3.8) is 0 Å². The second kappa shape index (κ2) is 7.43. The Morgan fingerprint density at radius 2 is 1.79 bits per heavy atom. The molecule has 4 aromatic rings. The van der Waals surface area contributed by atoms with Crippen molar-refractivity contribution in [2.24, 2.45) is 0 Å². The van der Waals surface area contributed by atoms with Gasteiger partial charge in [-0.15, -0.1) is 0 Å². The Morgan fingerprint density at radius 3 is 2.57 bits per heavy atom. The molecule has 0 saturated heterocycles. The van der Waals surface area contributed by atoms with Crippen LogP contribution in [0.3, 0.4) is 0 Å². The van der Waals surface area contributed by atoms with E-state index in [-0.39, 0.29) is 11.6 Å². The van der Waals surface area contributed by atoms with Crippen molar-refractivity contribution < 1.29 is 0 Å². The quantitative estimate of drug-likeness (QED) is 0.567. The van der Waals surface area contributed by atoms with Crippen LogP contribution >= 0.6 is 0 Å². The standard InChI is InChI=1S/C23H24N4O/c1-4-18-16(3)26-21-12-8-7-11-20(21)22(18)25-15(2)14-27-23(28)19-10-6-5-9-17(19)13-24-27/h5-13,15H,4,14H2,1-3H3,(H,25,26). The number of nitrogens with one attached hydrogen (secondary N) is 1. The molecule has 0 aliphatic heterocycles. The molecule has 2 heterocycles. The summed E-state index contributed by atoms with van der Waals surface area (Å²) < 4.78 is 1.54. The van der Waals surface area contributed by atoms with Gasteiger partial charge in [-0.3, -0.25) is 9.78 Å². The number of hydrogen-bond donors (Lipinski definition) is 1. The van der Waals surface area contributed by atoms with Gasteiger partial charge >= 0.3 is 0 Å². The van der Waals surface area contributed by atoms with Gasteiger partial charge in [0.15, 0.2) is 0 Å². The van der Waals surface area contributed by atoms with E-state index in [9.17, 15) is 4.79 Å². The van der Waals surface area contributed by atoms with Crippen LogP contribution in [0.25, 0.3) is 21.7 Å². The van der Waals surface area contributed by atoms with Crippen molar-refractivity contribution in [2.75, 3.05) is 5.32 Å². The van der Waals surface area contributed by atoms with E-state index in [2.05, 4.69) is 37.3 Å². The van der Waals surface area contributed by atoms with Crippen LogP contribution in [-0.4, -0.2) is 20.8 Å². The first-order chi connectivity index (χ1) is 13.6. The van der Waals surface area contributed by atoms with Gasteiger partial charge in [0.1, 0.15) is 0 Å². The number of aromatic nitrogens is 3. The number of aryl methyl sites for hydroxylation is 1. The fourth-order valence-corrected chi connectivity index (χ4v) is 3.78. The molecule has 1 atom stereocenters. The van der Waals surface area contributed by atoms with Crippen molar-refractivity contribution in [1.29, 1.82) is 0 Å². The summed E-state index contributed by atoms with van der Waals surface area (Å²) >= 11 is 0. The van der Waals surface area contributed by atoms with Gasteiger partial charge < -0.3 is 5.32 Å². The minimum Gasteiger partial charge on any atom is -0.380 e. The summed E-state index contributed by atoms with van der Waals surface area (Å²) in [6.45, 7) is 6.76. The molecule has 0 radical (unpaired) electrons. The summed E-state index contributed by atoms with van der Waals surface area (Å²) in [5.74, 6) is 0. The zero-order valence-corrected chi connectivity index (χ0v) is 16.4. The minimum atomic E-state index is -0.0572. The monoisotopic (exact) mass is 372 g/mol. The van der Waals surface area contributed by atoms with E-state index in [4.69, 9.17) is 4.98 Å². The minimum absolute atomic E-state index is 0.0295. The molecule has 0 aliphatic rings. The molecule has 1 N–H and O–H groups in total. The van der Waals surface area contributed by atoms with E-state index in [1.807, 2.05) is 42.5 Å². The van der Waals surface area contributed by atoms with Gasteiger partial charge in [0.2, 0.25) is 0 Å². The first-order valence-corrected chi connectivity index (χ1v) is 9.68. The van der Waals surface area contributed by atoms with Crippen LogP contribution in [0.15, 0.2) is 59.5 Å². The second-order valence-corrected chi connectivity index (χ2v) is 7.19. The number of benzene rings is 2. The highest BCUT2D eigenvalue weighted by atomic mass is 16.1. The predicted octanol–water partition coefficient (Wildman–Crippen LogP) is 4.32. The van der Waals surface area contributed by atoms with Crippen molar-refractivity contribution in [3.05, 3.63) is 76.3 Å². The number of para-hydroxylation sites is 1. The van der Waals surface area contributed by atoms with E-state index in [1.165, 1.54) is 5.56 Å². The SMILES string of the molecule is CCc1c(C)nc2ccccc2c1NC(C)Cn1ncc2ccccc2c1=O. The smallest absolute Gasteiger partial charge is 0.274 e. The number of anilines is 1. The molecule has 0 saturated carbocycles. The summed E-state index contributed by atoms with van der Waals surface area (Å²) in [4.78, 5) is 17.5. The van der Waals surface area contributed by atoms with Crippen molar-refractivity contribution in [2.45, 2.75) is 39.8 Å². The average Bonchev–Trinajstić information content (AvgIpc) is 2.70. The van der Waals surface area contributed by atoms with Crippen molar-refractivity contribution >= 4 is 27.4 Å². The maximum atomic E-state index is 12.8. The molecule has 1 unspecified atom stereocenters. The van der Waals surface area contributed by atoms with Crippen molar-refractivity contribution in [3.8, 4) is 0 Å². The van der Waals surface area contributed by atoms with Gasteiger partial charge in [-0.1, -0.05) is 43.3 Å². The third-order valence-corrected chi connectivity index (χ3v) is 5.15. The number of rotatable bonds is 5. The van der Waals surface area contributed by atoms with E-state index in [0.717, 1.165) is 34.1 Å². The maximum absolute atomic E-state index is 12.8. The molecule has 28 heavy (non-hydrogen) atoms. The number of nitrogens with zero attached hydrogens (tertiary/aromatic N) is 3. The van der Waals surface area contributed by atoms with Gasteiger partial charge in [0.25, 0.3) is 5.56 Å². The van der Waals surface area contributed by atoms with E-state index >= 15 is 0 Å². The van der Waals surface area contributed by atoms with Crippen molar-refractivity contribution in [1.82, 2.24) is 14.8 Å². The first kappa shape index (κ1) is 18.2. The van der Waals surface area contributed by atoms with Crippen LogP contribution in [0.1, 0.15) is 25.1 Å². The Morgan fingerprint density at radius 1 is 1.07 bits per heavy atom. The van der Waals surface area contributed by atoms with Crippen LogP contribution in [0, 0.1) is 6.92 Å². The normalized spacial score (nSPS) is 12.4. The highest BCUT2D eigenvalue weighted by molar-refractivity contribution is 5.93. The number of hydrogen-bond acceptors (Lipinski definition) is 4. The molecule has 0 aliphatic carbocycles. The van der Waals surface area contributed by atoms with Crippen LogP contribution in [0.2, 0.25) is 0 Å². The Balaban J connectivity index is 1.69. The lowest BCUT2D eigenvalue weighted by Gasteiger charge is -2.21. The average molecular weight is 372 g/mol. The highest BCUT2D eigenvalue weighted by Gasteiger charge is 2.15. The summed E-state index contributed by atoms with van der Waals surface area (Å²) in [5.41, 5.74) is 4.28. The van der Waals surface area contributed by atoms with E-state index in [0.29, 0.717) is 11.9 Å². The largest absolute Gasteiger partial charge is 0.380 e. The predicted molar refractivity (Wildman–Crippen MR) is 115 cm³/mol. The van der Waals surface area contributed by atoms with Crippen LogP contribution < -0.4 is 10.9 Å². The van der Waals surface area contributed by atoms with Gasteiger partial charge in [0.05, 0.1) is 23.6 Å². The first-order valence-electron chi connectivity index (χ1n) is 9.68. The summed E-state index contributed by atoms with van der Waals surface area (Å²) in [6, 6.07) is 15.8. The number of pyridine rings is 1.